The average Bonchev–Trinajstić information content (AvgIpc) is 3.78. The van der Waals surface area contributed by atoms with Crippen LogP contribution in [0, 0.1) is 0 Å². The van der Waals surface area contributed by atoms with Crippen molar-refractivity contribution in [2.45, 2.75) is 0 Å². The van der Waals surface area contributed by atoms with Crippen molar-refractivity contribution in [3.63, 3.8) is 0 Å². The molecule has 0 bridgehead atoms. The van der Waals surface area contributed by atoms with Gasteiger partial charge in [0.1, 0.15) is 5.82 Å². The second-order valence-corrected chi connectivity index (χ2v) is 13.1. The Morgan fingerprint density at radius 1 is 0.346 bits per heavy atom. The first-order chi connectivity index (χ1) is 25.8. The molecule has 0 aliphatic rings. The van der Waals surface area contributed by atoms with Crippen molar-refractivity contribution in [3.8, 4) is 56.5 Å². The minimum absolute atomic E-state index is 0.691. The van der Waals surface area contributed by atoms with Crippen LogP contribution in [-0.2, 0) is 0 Å². The standard InChI is InChI=1S/C48H32N4/c1-3-15-33(16-4-1)42-32-47(50-48(49-42)34-17-5-2-6-18-34)52-43-26-10-7-19-38(43)31-46(52)37-22-13-20-35(29-37)36-21-14-23-39(30-36)51-44-27-11-8-24-40(44)41-25-9-12-28-45(41)51/h1-32H. The first-order valence-corrected chi connectivity index (χ1v) is 17.6. The highest BCUT2D eigenvalue weighted by Gasteiger charge is 2.18. The van der Waals surface area contributed by atoms with E-state index in [9.17, 15) is 0 Å². The molecular weight excluding hydrogens is 633 g/mol. The molecule has 0 fully saturated rings. The molecule has 3 aromatic heterocycles. The van der Waals surface area contributed by atoms with Gasteiger partial charge in [-0.25, -0.2) is 9.97 Å². The monoisotopic (exact) mass is 664 g/mol. The Morgan fingerprint density at radius 2 is 0.904 bits per heavy atom. The van der Waals surface area contributed by atoms with Crippen LogP contribution in [0.3, 0.4) is 0 Å². The molecule has 10 rings (SSSR count). The van der Waals surface area contributed by atoms with Gasteiger partial charge in [0.15, 0.2) is 5.82 Å². The van der Waals surface area contributed by atoms with Crippen LogP contribution < -0.4 is 0 Å². The molecule has 7 aromatic carbocycles. The van der Waals surface area contributed by atoms with Crippen LogP contribution in [0.5, 0.6) is 0 Å². The number of aromatic nitrogens is 4. The molecule has 0 saturated heterocycles. The van der Waals surface area contributed by atoms with Gasteiger partial charge in [-0.15, -0.1) is 0 Å². The normalized spacial score (nSPS) is 11.5. The molecule has 10 aromatic rings. The molecule has 244 valence electrons. The lowest BCUT2D eigenvalue weighted by Crippen LogP contribution is -2.04. The zero-order valence-electron chi connectivity index (χ0n) is 28.3. The molecule has 0 amide bonds. The summed E-state index contributed by atoms with van der Waals surface area (Å²) in [6.07, 6.45) is 0. The van der Waals surface area contributed by atoms with Crippen LogP contribution in [0.15, 0.2) is 194 Å². The zero-order valence-corrected chi connectivity index (χ0v) is 28.3. The summed E-state index contributed by atoms with van der Waals surface area (Å²) >= 11 is 0. The van der Waals surface area contributed by atoms with Crippen molar-refractivity contribution in [2.24, 2.45) is 0 Å². The number of nitrogens with zero attached hydrogens (tertiary/aromatic N) is 4. The molecule has 0 radical (unpaired) electrons. The maximum absolute atomic E-state index is 5.23. The lowest BCUT2D eigenvalue weighted by atomic mass is 10.0. The quantitative estimate of drug-likeness (QED) is 0.177. The topological polar surface area (TPSA) is 35.6 Å². The van der Waals surface area contributed by atoms with Crippen LogP contribution in [0.25, 0.3) is 89.2 Å². The summed E-state index contributed by atoms with van der Waals surface area (Å²) in [5.74, 6) is 1.51. The first-order valence-electron chi connectivity index (χ1n) is 17.6. The molecule has 4 nitrogen and oxygen atoms in total. The van der Waals surface area contributed by atoms with Crippen LogP contribution in [0.4, 0.5) is 0 Å². The average molecular weight is 665 g/mol. The van der Waals surface area contributed by atoms with Gasteiger partial charge in [0, 0.05) is 39.0 Å². The summed E-state index contributed by atoms with van der Waals surface area (Å²) in [5.41, 5.74) is 12.0. The van der Waals surface area contributed by atoms with Crippen molar-refractivity contribution in [2.75, 3.05) is 0 Å². The predicted molar refractivity (Wildman–Crippen MR) is 215 cm³/mol. The third-order valence-corrected chi connectivity index (χ3v) is 9.93. The van der Waals surface area contributed by atoms with Crippen molar-refractivity contribution < 1.29 is 0 Å². The van der Waals surface area contributed by atoms with Crippen molar-refractivity contribution >= 4 is 32.7 Å². The van der Waals surface area contributed by atoms with Gasteiger partial charge in [-0.2, -0.15) is 0 Å². The predicted octanol–water partition coefficient (Wildman–Crippen LogP) is 12.2. The van der Waals surface area contributed by atoms with E-state index in [1.807, 2.05) is 24.3 Å². The Morgan fingerprint density at radius 3 is 1.63 bits per heavy atom. The maximum atomic E-state index is 5.23. The van der Waals surface area contributed by atoms with Gasteiger partial charge in [0.25, 0.3) is 0 Å². The van der Waals surface area contributed by atoms with Crippen LogP contribution in [-0.4, -0.2) is 19.1 Å². The lowest BCUT2D eigenvalue weighted by molar-refractivity contribution is 1.02. The molecule has 0 spiro atoms. The van der Waals surface area contributed by atoms with Gasteiger partial charge in [-0.05, 0) is 59.2 Å². The van der Waals surface area contributed by atoms with E-state index in [2.05, 4.69) is 179 Å². The second-order valence-electron chi connectivity index (χ2n) is 13.1. The van der Waals surface area contributed by atoms with E-state index >= 15 is 0 Å². The highest BCUT2D eigenvalue weighted by atomic mass is 15.1. The summed E-state index contributed by atoms with van der Waals surface area (Å²) in [4.78, 5) is 10.3. The van der Waals surface area contributed by atoms with Crippen molar-refractivity contribution in [1.29, 1.82) is 0 Å². The van der Waals surface area contributed by atoms with E-state index in [1.165, 1.54) is 21.8 Å². The minimum atomic E-state index is 0.691. The minimum Gasteiger partial charge on any atom is -0.309 e. The molecule has 0 saturated carbocycles. The lowest BCUT2D eigenvalue weighted by Gasteiger charge is -2.15. The fourth-order valence-electron chi connectivity index (χ4n) is 7.52. The highest BCUT2D eigenvalue weighted by Crippen LogP contribution is 2.37. The van der Waals surface area contributed by atoms with Crippen LogP contribution >= 0.6 is 0 Å². The Labute approximate surface area is 301 Å². The third kappa shape index (κ3) is 5.09. The Hall–Kier alpha value is -7.04. The number of hydrogen-bond donors (Lipinski definition) is 0. The molecule has 0 N–H and O–H groups in total. The number of para-hydroxylation sites is 3. The number of fused-ring (bicyclic) bond motifs is 4. The maximum Gasteiger partial charge on any atom is 0.162 e. The second kappa shape index (κ2) is 12.4. The van der Waals surface area contributed by atoms with Gasteiger partial charge in [0.2, 0.25) is 0 Å². The zero-order chi connectivity index (χ0) is 34.4. The molecule has 52 heavy (non-hydrogen) atoms. The Balaban J connectivity index is 1.14. The Kier molecular flexibility index (Phi) is 7.10. The first kappa shape index (κ1) is 29.8. The Bertz CT molecular complexity index is 2790. The van der Waals surface area contributed by atoms with E-state index in [0.717, 1.165) is 61.6 Å². The van der Waals surface area contributed by atoms with E-state index in [-0.39, 0.29) is 0 Å². The van der Waals surface area contributed by atoms with Gasteiger partial charge in [0.05, 0.1) is 27.9 Å². The smallest absolute Gasteiger partial charge is 0.162 e. The summed E-state index contributed by atoms with van der Waals surface area (Å²) < 4.78 is 4.66. The fraction of sp³-hybridized carbons (Fsp3) is 0. The largest absolute Gasteiger partial charge is 0.309 e. The molecule has 4 heteroatoms. The summed E-state index contributed by atoms with van der Waals surface area (Å²) in [5, 5.41) is 3.67. The molecule has 0 aliphatic heterocycles. The molecular formula is C48H32N4. The van der Waals surface area contributed by atoms with Gasteiger partial charge >= 0.3 is 0 Å². The van der Waals surface area contributed by atoms with E-state index in [1.54, 1.807) is 0 Å². The molecule has 0 atom stereocenters. The van der Waals surface area contributed by atoms with Crippen LogP contribution in [0.1, 0.15) is 0 Å². The van der Waals surface area contributed by atoms with Gasteiger partial charge in [-0.1, -0.05) is 146 Å². The fourth-order valence-corrected chi connectivity index (χ4v) is 7.52. The summed E-state index contributed by atoms with van der Waals surface area (Å²) in [6.45, 7) is 0. The van der Waals surface area contributed by atoms with Crippen molar-refractivity contribution in [3.05, 3.63) is 194 Å². The molecule has 0 aliphatic carbocycles. The number of hydrogen-bond acceptors (Lipinski definition) is 2. The van der Waals surface area contributed by atoms with Crippen molar-refractivity contribution in [1.82, 2.24) is 19.1 Å². The van der Waals surface area contributed by atoms with E-state index < -0.39 is 0 Å². The molecule has 0 unspecified atom stereocenters. The van der Waals surface area contributed by atoms with Gasteiger partial charge in [-0.3, -0.25) is 4.57 Å². The molecule has 3 heterocycles. The SMILES string of the molecule is c1ccc(-c2cc(-n3c(-c4cccc(-c5cccc(-n6c7ccccc7c7ccccc76)c5)c4)cc4ccccc43)nc(-c3ccccc3)n2)cc1. The number of benzene rings is 7. The number of rotatable bonds is 6. The van der Waals surface area contributed by atoms with Gasteiger partial charge < -0.3 is 4.57 Å². The van der Waals surface area contributed by atoms with E-state index in [0.29, 0.717) is 5.82 Å². The summed E-state index contributed by atoms with van der Waals surface area (Å²) in [6, 6.07) is 68.5. The van der Waals surface area contributed by atoms with E-state index in [4.69, 9.17) is 9.97 Å². The summed E-state index contributed by atoms with van der Waals surface area (Å²) in [7, 11) is 0. The van der Waals surface area contributed by atoms with Crippen LogP contribution in [0.2, 0.25) is 0 Å². The highest BCUT2D eigenvalue weighted by molar-refractivity contribution is 6.09. The third-order valence-electron chi connectivity index (χ3n) is 9.93.